The standard InChI is InChI=1S/C25H30FN3O3/c1-24(2,3)15-23(30)28-17-25(21-14-19(26)6-9-22(21)28)10-12-27(13-11-25)16-18-4-7-20(8-5-18)29(31)32/h4-9,14H,10-13,15-17H2,1-3H3. The lowest BCUT2D eigenvalue weighted by molar-refractivity contribution is -0.384. The van der Waals surface area contributed by atoms with E-state index in [1.165, 1.54) is 18.2 Å². The summed E-state index contributed by atoms with van der Waals surface area (Å²) in [5.41, 5.74) is 2.60. The molecule has 0 bridgehead atoms. The normalized spacial score (nSPS) is 18.1. The first-order valence-corrected chi connectivity index (χ1v) is 11.1. The maximum atomic E-state index is 14.2. The van der Waals surface area contributed by atoms with Gasteiger partial charge >= 0.3 is 0 Å². The molecule has 0 atom stereocenters. The molecule has 6 nitrogen and oxygen atoms in total. The van der Waals surface area contributed by atoms with Crippen LogP contribution < -0.4 is 4.90 Å². The summed E-state index contributed by atoms with van der Waals surface area (Å²) in [6.45, 7) is 9.14. The molecule has 0 N–H and O–H groups in total. The van der Waals surface area contributed by atoms with E-state index in [0.717, 1.165) is 49.3 Å². The number of amides is 1. The minimum Gasteiger partial charge on any atom is -0.311 e. The number of nitro groups is 1. The molecule has 2 aromatic rings. The zero-order valence-corrected chi connectivity index (χ0v) is 18.9. The average Bonchev–Trinajstić information content (AvgIpc) is 3.03. The fourth-order valence-corrected chi connectivity index (χ4v) is 4.96. The molecule has 1 saturated heterocycles. The first-order chi connectivity index (χ1) is 15.1. The van der Waals surface area contributed by atoms with Crippen molar-refractivity contribution in [2.75, 3.05) is 24.5 Å². The van der Waals surface area contributed by atoms with E-state index >= 15 is 0 Å². The molecule has 0 aliphatic carbocycles. The van der Waals surface area contributed by atoms with Crippen LogP contribution in [0.4, 0.5) is 15.8 Å². The van der Waals surface area contributed by atoms with Crippen LogP contribution in [0.15, 0.2) is 42.5 Å². The number of rotatable bonds is 4. The Bertz CT molecular complexity index is 1020. The van der Waals surface area contributed by atoms with Crippen molar-refractivity contribution in [2.45, 2.75) is 52.0 Å². The van der Waals surface area contributed by atoms with Gasteiger partial charge in [0.05, 0.1) is 4.92 Å². The lowest BCUT2D eigenvalue weighted by Crippen LogP contribution is -2.46. The number of likely N-dealkylation sites (tertiary alicyclic amines) is 1. The van der Waals surface area contributed by atoms with Gasteiger partial charge in [0, 0.05) is 42.7 Å². The first-order valence-electron chi connectivity index (χ1n) is 11.1. The van der Waals surface area contributed by atoms with E-state index in [1.54, 1.807) is 24.3 Å². The highest BCUT2D eigenvalue weighted by atomic mass is 19.1. The molecular weight excluding hydrogens is 409 g/mol. The third-order valence-corrected chi connectivity index (χ3v) is 6.63. The highest BCUT2D eigenvalue weighted by Gasteiger charge is 2.46. The zero-order chi connectivity index (χ0) is 23.1. The van der Waals surface area contributed by atoms with E-state index in [1.807, 2.05) is 4.90 Å². The van der Waals surface area contributed by atoms with Crippen LogP contribution in [-0.4, -0.2) is 35.4 Å². The molecule has 2 aliphatic heterocycles. The zero-order valence-electron chi connectivity index (χ0n) is 18.9. The second kappa shape index (κ2) is 8.28. The van der Waals surface area contributed by atoms with Gasteiger partial charge in [0.15, 0.2) is 0 Å². The third-order valence-electron chi connectivity index (χ3n) is 6.63. The predicted octanol–water partition coefficient (Wildman–Crippen LogP) is 5.05. The van der Waals surface area contributed by atoms with Crippen molar-refractivity contribution in [3.05, 3.63) is 69.5 Å². The van der Waals surface area contributed by atoms with Crippen LogP contribution in [-0.2, 0) is 16.8 Å². The summed E-state index contributed by atoms with van der Waals surface area (Å²) in [5.74, 6) is -0.169. The molecule has 0 saturated carbocycles. The van der Waals surface area contributed by atoms with Crippen LogP contribution in [0.2, 0.25) is 0 Å². The number of halogens is 1. The summed E-state index contributed by atoms with van der Waals surface area (Å²) in [5, 5.41) is 10.9. The average molecular weight is 440 g/mol. The Labute approximate surface area is 188 Å². The smallest absolute Gasteiger partial charge is 0.269 e. The summed E-state index contributed by atoms with van der Waals surface area (Å²) in [7, 11) is 0. The van der Waals surface area contributed by atoms with Crippen LogP contribution in [0.25, 0.3) is 0 Å². The van der Waals surface area contributed by atoms with E-state index in [-0.39, 0.29) is 28.2 Å². The SMILES string of the molecule is CC(C)(C)CC(=O)N1CC2(CCN(Cc3ccc([N+](=O)[O-])cc3)CC2)c2cc(F)ccc21. The third kappa shape index (κ3) is 4.53. The number of nitrogens with zero attached hydrogens (tertiary/aromatic N) is 3. The van der Waals surface area contributed by atoms with Gasteiger partial charge in [-0.05, 0) is 60.7 Å². The molecule has 2 aliphatic rings. The molecule has 1 fully saturated rings. The van der Waals surface area contributed by atoms with Gasteiger partial charge in [-0.2, -0.15) is 0 Å². The topological polar surface area (TPSA) is 66.7 Å². The number of non-ortho nitro benzene ring substituents is 1. The Balaban J connectivity index is 1.49. The van der Waals surface area contributed by atoms with E-state index < -0.39 is 4.92 Å². The summed E-state index contributed by atoms with van der Waals surface area (Å²) < 4.78 is 14.2. The summed E-state index contributed by atoms with van der Waals surface area (Å²) >= 11 is 0. The van der Waals surface area contributed by atoms with Gasteiger partial charge in [-0.3, -0.25) is 19.8 Å². The number of benzene rings is 2. The molecule has 2 aromatic carbocycles. The number of hydrogen-bond acceptors (Lipinski definition) is 4. The Morgan fingerprint density at radius 1 is 1.12 bits per heavy atom. The number of hydrogen-bond donors (Lipinski definition) is 0. The fraction of sp³-hybridized carbons (Fsp3) is 0.480. The lowest BCUT2D eigenvalue weighted by Gasteiger charge is -2.40. The van der Waals surface area contributed by atoms with Crippen molar-refractivity contribution in [2.24, 2.45) is 5.41 Å². The number of fused-ring (bicyclic) bond motifs is 2. The number of carbonyl (C=O) groups is 1. The second-order valence-electron chi connectivity index (χ2n) is 10.4. The quantitative estimate of drug-likeness (QED) is 0.494. The maximum absolute atomic E-state index is 14.2. The highest BCUT2D eigenvalue weighted by molar-refractivity contribution is 5.96. The van der Waals surface area contributed by atoms with Crippen molar-refractivity contribution in [3.63, 3.8) is 0 Å². The molecule has 0 unspecified atom stereocenters. The Morgan fingerprint density at radius 3 is 2.38 bits per heavy atom. The Morgan fingerprint density at radius 2 is 1.78 bits per heavy atom. The molecule has 170 valence electrons. The number of anilines is 1. The minimum absolute atomic E-state index is 0.0931. The molecular formula is C25H30FN3O3. The molecule has 2 heterocycles. The molecule has 32 heavy (non-hydrogen) atoms. The highest BCUT2D eigenvalue weighted by Crippen LogP contribution is 2.48. The monoisotopic (exact) mass is 439 g/mol. The van der Waals surface area contributed by atoms with E-state index in [9.17, 15) is 19.3 Å². The van der Waals surface area contributed by atoms with Crippen molar-refractivity contribution in [1.82, 2.24) is 4.90 Å². The Hall–Kier alpha value is -2.80. The molecule has 0 radical (unpaired) electrons. The van der Waals surface area contributed by atoms with Gasteiger partial charge in [0.25, 0.3) is 5.69 Å². The lowest BCUT2D eigenvalue weighted by atomic mass is 9.74. The van der Waals surface area contributed by atoms with E-state index in [4.69, 9.17) is 0 Å². The van der Waals surface area contributed by atoms with Crippen molar-refractivity contribution >= 4 is 17.3 Å². The largest absolute Gasteiger partial charge is 0.311 e. The van der Waals surface area contributed by atoms with Crippen LogP contribution in [0.1, 0.15) is 51.2 Å². The first kappa shape index (κ1) is 22.4. The number of piperidine rings is 1. The maximum Gasteiger partial charge on any atom is 0.269 e. The summed E-state index contributed by atoms with van der Waals surface area (Å²) in [6, 6.07) is 11.5. The van der Waals surface area contributed by atoms with Gasteiger partial charge < -0.3 is 4.90 Å². The van der Waals surface area contributed by atoms with Crippen molar-refractivity contribution in [1.29, 1.82) is 0 Å². The molecule has 4 rings (SSSR count). The van der Waals surface area contributed by atoms with Gasteiger partial charge in [-0.25, -0.2) is 4.39 Å². The Kier molecular flexibility index (Phi) is 5.79. The predicted molar refractivity (Wildman–Crippen MR) is 122 cm³/mol. The fourth-order valence-electron chi connectivity index (χ4n) is 4.96. The van der Waals surface area contributed by atoms with Gasteiger partial charge in [-0.15, -0.1) is 0 Å². The van der Waals surface area contributed by atoms with Crippen LogP contribution in [0.3, 0.4) is 0 Å². The summed E-state index contributed by atoms with van der Waals surface area (Å²) in [4.78, 5) is 27.8. The van der Waals surface area contributed by atoms with E-state index in [2.05, 4.69) is 25.7 Å². The molecule has 1 amide bonds. The number of carbonyl (C=O) groups excluding carboxylic acids is 1. The van der Waals surface area contributed by atoms with Crippen LogP contribution in [0.5, 0.6) is 0 Å². The van der Waals surface area contributed by atoms with Crippen LogP contribution in [0, 0.1) is 21.3 Å². The number of nitro benzene ring substituents is 1. The molecule has 0 aromatic heterocycles. The van der Waals surface area contributed by atoms with E-state index in [0.29, 0.717) is 13.0 Å². The van der Waals surface area contributed by atoms with Gasteiger partial charge in [-0.1, -0.05) is 32.9 Å². The molecule has 7 heteroatoms. The minimum atomic E-state index is -0.391. The second-order valence-corrected chi connectivity index (χ2v) is 10.4. The molecule has 1 spiro atoms. The van der Waals surface area contributed by atoms with Crippen molar-refractivity contribution < 1.29 is 14.1 Å². The van der Waals surface area contributed by atoms with Gasteiger partial charge in [0.2, 0.25) is 5.91 Å². The van der Waals surface area contributed by atoms with Gasteiger partial charge in [0.1, 0.15) is 5.82 Å². The van der Waals surface area contributed by atoms with Crippen LogP contribution >= 0.6 is 0 Å². The van der Waals surface area contributed by atoms with Crippen molar-refractivity contribution in [3.8, 4) is 0 Å². The summed E-state index contributed by atoms with van der Waals surface area (Å²) in [6.07, 6.45) is 2.14.